The molecule has 50 nitrogen and oxygen atoms in total. The van der Waals surface area contributed by atoms with E-state index in [9.17, 15) is 142 Å². The van der Waals surface area contributed by atoms with Crippen LogP contribution in [0.2, 0.25) is 0 Å². The van der Waals surface area contributed by atoms with E-state index in [4.69, 9.17) is 22.0 Å². The van der Waals surface area contributed by atoms with E-state index in [0.29, 0.717) is 22.9 Å². The molecule has 1 fully saturated rings. The molecule has 30 N–H and O–H groups in total. The highest BCUT2D eigenvalue weighted by Crippen LogP contribution is 2.27. The molecule has 3 rings (SSSR count). The van der Waals surface area contributed by atoms with E-state index in [1.54, 1.807) is 92.1 Å². The minimum absolute atomic E-state index is 0.0169. The second-order valence-electron chi connectivity index (χ2n) is 34.8. The molecule has 1 aromatic carbocycles. The number of aliphatic hydroxyl groups excluding tert-OH is 21. The average molecular weight is 2000 g/mol. The maximum Gasteiger partial charge on any atom is 0.329 e. The first-order valence-corrected chi connectivity index (χ1v) is 46.8. The van der Waals surface area contributed by atoms with Crippen LogP contribution in [0.15, 0.2) is 110 Å². The lowest BCUT2D eigenvalue weighted by molar-refractivity contribution is -0.138. The van der Waals surface area contributed by atoms with Crippen molar-refractivity contribution >= 4 is 171 Å². The molecule has 0 radical (unpaired) electrons. The van der Waals surface area contributed by atoms with Crippen molar-refractivity contribution in [1.29, 1.82) is 16.2 Å². The fourth-order valence-corrected chi connectivity index (χ4v) is 14.4. The maximum atomic E-state index is 14.0. The van der Waals surface area contributed by atoms with E-state index in [-0.39, 0.29) is 88.2 Å². The molecule has 16 atom stereocenters. The largest absolute Gasteiger partial charge is 0.497 e. The van der Waals surface area contributed by atoms with Crippen LogP contribution in [0.1, 0.15) is 178 Å². The van der Waals surface area contributed by atoms with E-state index in [2.05, 4.69) is 97.5 Å². The van der Waals surface area contributed by atoms with Crippen LogP contribution in [0, 0.1) is 45.8 Å². The van der Waals surface area contributed by atoms with E-state index in [0.717, 1.165) is 4.90 Å². The van der Waals surface area contributed by atoms with Crippen LogP contribution in [0.25, 0.3) is 10.9 Å². The van der Waals surface area contributed by atoms with Crippen LogP contribution in [-0.2, 0) is 25.6 Å². The first-order chi connectivity index (χ1) is 65.2. The normalized spacial score (nSPS) is 18.6. The number of hydrogen-bond donors (Lipinski definition) is 30. The minimum Gasteiger partial charge on any atom is -0.497 e. The molecule has 0 saturated carbocycles. The molecule has 1 aliphatic rings. The summed E-state index contributed by atoms with van der Waals surface area (Å²) in [5, 5.41) is 288. The Morgan fingerprint density at radius 3 is 1.15 bits per heavy atom. The van der Waals surface area contributed by atoms with Gasteiger partial charge in [0.1, 0.15) is 85.6 Å². The highest BCUT2D eigenvalue weighted by atomic mass is 32.2. The number of nitrogens with two attached hydrogens (primary N) is 1. The van der Waals surface area contributed by atoms with Crippen molar-refractivity contribution < 1.29 is 142 Å². The van der Waals surface area contributed by atoms with Gasteiger partial charge in [-0.3, -0.25) is 30.6 Å². The summed E-state index contributed by atoms with van der Waals surface area (Å²) in [7, 11) is 0. The van der Waals surface area contributed by atoms with Crippen LogP contribution in [0.4, 0.5) is 0 Å². The van der Waals surface area contributed by atoms with Crippen molar-refractivity contribution in [3.8, 4) is 0 Å². The molecule has 2 heterocycles. The summed E-state index contributed by atoms with van der Waals surface area (Å²) in [6, 6.07) is -19.1. The number of aliphatic hydroxyl groups is 21. The van der Waals surface area contributed by atoms with Gasteiger partial charge in [0.15, 0.2) is 41.7 Å². The van der Waals surface area contributed by atoms with Crippen LogP contribution in [-0.4, -0.2) is 416 Å². The quantitative estimate of drug-likeness (QED) is 0.0166. The number of carbonyl (C=O) groups is 4. The molecule has 16 unspecified atom stereocenters. The number of carbonyl (C=O) groups excluding carboxylic acids is 1. The van der Waals surface area contributed by atoms with Crippen molar-refractivity contribution in [2.75, 3.05) is 50.6 Å². The number of aliphatic carboxylic acids is 3. The molecule has 1 aliphatic heterocycles. The Hall–Kier alpha value is -12.8. The van der Waals surface area contributed by atoms with E-state index in [1.807, 2.05) is 13.8 Å². The molecule has 776 valence electrons. The highest BCUT2D eigenvalue weighted by molar-refractivity contribution is 7.98. The second-order valence-corrected chi connectivity index (χ2v) is 36.2. The Bertz CT molecular complexity index is 4910. The summed E-state index contributed by atoms with van der Waals surface area (Å²) in [6.07, 6.45) is -2.37. The van der Waals surface area contributed by atoms with Crippen LogP contribution in [0.3, 0.4) is 0 Å². The summed E-state index contributed by atoms with van der Waals surface area (Å²) in [6.45, 7) is 13.4. The van der Waals surface area contributed by atoms with Gasteiger partial charge in [-0.15, -0.1) is 0 Å². The van der Waals surface area contributed by atoms with Gasteiger partial charge in [0.2, 0.25) is 88.5 Å². The minimum atomic E-state index is -2.07. The van der Waals surface area contributed by atoms with Crippen molar-refractivity contribution in [2.45, 2.75) is 275 Å². The zero-order chi connectivity index (χ0) is 105. The number of H-pyrrole nitrogens is 1. The van der Waals surface area contributed by atoms with Gasteiger partial charge in [0.05, 0.1) is 32.1 Å². The van der Waals surface area contributed by atoms with Gasteiger partial charge >= 0.3 is 17.9 Å². The Morgan fingerprint density at radius 2 is 0.763 bits per heavy atom. The summed E-state index contributed by atoms with van der Waals surface area (Å²) >= 11 is 5.11. The number of amides is 1. The van der Waals surface area contributed by atoms with Gasteiger partial charge in [0, 0.05) is 55.1 Å². The number of aromatic amines is 1. The Kier molecular flexibility index (Phi) is 52.6. The predicted octanol–water partition coefficient (Wildman–Crippen LogP) is 9.37. The van der Waals surface area contributed by atoms with E-state index < -0.39 is 321 Å². The Morgan fingerprint density at radius 1 is 0.424 bits per heavy atom. The molecule has 0 aliphatic carbocycles. The molecule has 52 heteroatoms. The van der Waals surface area contributed by atoms with Crippen LogP contribution < -0.4 is 5.73 Å². The lowest BCUT2D eigenvalue weighted by Gasteiger charge is -2.26. The second kappa shape index (κ2) is 60.8. The summed E-state index contributed by atoms with van der Waals surface area (Å²) < 4.78 is 0. The topological polar surface area (TPSA) is 868 Å². The number of aliphatic imine (C=N–C) groups is 16. The van der Waals surface area contributed by atoms with E-state index >= 15 is 0 Å². The Balaban J connectivity index is 2.30. The number of rotatable bonds is 65. The summed E-state index contributed by atoms with van der Waals surface area (Å²) in [4.78, 5) is 120. The monoisotopic (exact) mass is 2000 g/mol. The predicted molar refractivity (Wildman–Crippen MR) is 538 cm³/mol. The number of fused-ring (bicyclic) bond motifs is 1. The molecule has 1 aromatic heterocycles. The zero-order valence-corrected chi connectivity index (χ0v) is 81.1. The number of carboxylic acid groups (broad SMARTS) is 3. The number of aromatic nitrogens is 1. The fraction of sp³-hybridized carbons (Fsp3) is 0.644. The molecule has 0 spiro atoms. The molecule has 1 amide bonds. The number of nitrogens with one attached hydrogen (secondary N) is 4. The van der Waals surface area contributed by atoms with Gasteiger partial charge < -0.3 is 138 Å². The smallest absolute Gasteiger partial charge is 0.329 e. The molecular formula is C87H138N22O28S2. The molecule has 1 saturated heterocycles. The number of para-hydroxylation sites is 1. The van der Waals surface area contributed by atoms with Gasteiger partial charge in [-0.25, -0.2) is 84.7 Å². The summed E-state index contributed by atoms with van der Waals surface area (Å²) in [5.41, 5.74) is 7.07. The third-order valence-electron chi connectivity index (χ3n) is 20.6. The van der Waals surface area contributed by atoms with Crippen LogP contribution in [0.5, 0.6) is 0 Å². The van der Waals surface area contributed by atoms with Crippen molar-refractivity contribution in [3.05, 3.63) is 36.0 Å². The first-order valence-electron chi connectivity index (χ1n) is 44.8. The van der Waals surface area contributed by atoms with E-state index in [1.165, 1.54) is 11.8 Å². The number of carboxylic acids is 3. The van der Waals surface area contributed by atoms with Crippen molar-refractivity contribution in [2.24, 2.45) is 115 Å². The number of thioether (sulfide) groups is 1. The lowest BCUT2D eigenvalue weighted by Crippen LogP contribution is -2.46. The first kappa shape index (κ1) is 120. The molecule has 0 bridgehead atoms. The van der Waals surface area contributed by atoms with Crippen molar-refractivity contribution in [1.82, 2.24) is 9.88 Å². The standard InChI is InChI=1S/C87H138N22O28S2/c1-41(2)27-48(88)72(121)97-50(18-21-65(89)112)73(122)93-36-68(115)95-61(38-110)84(133)104-54(28-42(3)4)77(126)98-52(20-23-67(91)114)75(124)106-59(33-70(117)118)82(131)100-53(24-26-139-11)76(125)102-55(29-43(5)6)78(127)105-58(32-46-35-92-49-16-13-12-15-47(46)49)81(130)99-51(19-22-66(90)113)74(123)101-56(30-44(7)8)79(128)107-60(34-71(119)120)83(132)103-57(31-45(9)10)80(129)108-62(39-111)86(135)109-25-14-17-64(109)85(134)94-37-69(116)96-63(40-138)87(136)137/h12-13,15-16,35,41-45,48,50-64,92,110-111,138H,14,17-34,36-40,88H2,1-11H3,(H2,89,112)(H2,90,113)(H2,91,114)(H,93,122)(H,94,134)(H,95,115)(H,96,116)(H,97,121)(H,98,126)(H,99,130)(H,100,131)(H,101,123)(H,102,125)(H,103,132)(H,104,133)(H,105,127)(H,106,124)(H,107,128)(H,108,129)(H,117,118)(H,119,120)(H,136,137). The van der Waals surface area contributed by atoms with Gasteiger partial charge in [0.25, 0.3) is 5.91 Å². The third kappa shape index (κ3) is 43.8. The SMILES string of the molecule is CSCCC(N=C(O)C(CC(=O)O)N=C(O)C(CCC(=N)O)N=C(O)C(CC(C)C)N=C(O)C(CO)N=C(O)CN=C(O)C(CCC(=N)O)N=C(O)C(N)CC(C)C)C(O)=NC(CC(C)C)C(O)=NC(Cc1c[nH]c2ccccc12)C(O)=NC(CCC(=N)O)C(O)=NC(CC(C)C)C(O)=NC(CC(=O)O)C(O)=NC(CC(C)C)C(O)=NC(CO)C(=O)N1CCCC1C(O)=NCC(O)=NC(CS)C(=O)O. The van der Waals surface area contributed by atoms with Gasteiger partial charge in [-0.05, 0) is 124 Å². The average Bonchev–Trinajstić information content (AvgIpc) is 1.68. The van der Waals surface area contributed by atoms with Gasteiger partial charge in [-0.1, -0.05) is 87.4 Å². The third-order valence-corrected chi connectivity index (χ3v) is 21.5. The Labute approximate surface area is 812 Å². The number of hydrogen-bond acceptors (Lipinski definition) is 28. The maximum absolute atomic E-state index is 14.0. The van der Waals surface area contributed by atoms with Crippen molar-refractivity contribution in [3.63, 3.8) is 0 Å². The lowest BCUT2D eigenvalue weighted by atomic mass is 10.0. The molecule has 2 aromatic rings. The summed E-state index contributed by atoms with van der Waals surface area (Å²) in [5.74, 6) is -25.0. The van der Waals surface area contributed by atoms with Gasteiger partial charge in [-0.2, -0.15) is 24.4 Å². The molecular weight excluding hydrogens is 1870 g/mol. The molecule has 139 heavy (non-hydrogen) atoms. The number of likely N-dealkylation sites (tertiary alicyclic amines) is 1. The highest BCUT2D eigenvalue weighted by Gasteiger charge is 2.39. The van der Waals surface area contributed by atoms with Crippen LogP contribution >= 0.6 is 24.4 Å². The number of nitrogens with zero attached hydrogens (tertiary/aromatic N) is 17. The zero-order valence-electron chi connectivity index (χ0n) is 79.4. The number of benzene rings is 1. The fourth-order valence-electron chi connectivity index (χ4n) is 13.7. The number of thiol groups is 1.